The Morgan fingerprint density at radius 1 is 1.53 bits per heavy atom. The average molecular weight is 241 g/mol. The molecule has 2 heterocycles. The van der Waals surface area contributed by atoms with E-state index in [1.54, 1.807) is 19.9 Å². The molecule has 0 bridgehead atoms. The van der Waals surface area contributed by atoms with Gasteiger partial charge in [0.15, 0.2) is 12.1 Å². The van der Waals surface area contributed by atoms with Crippen LogP contribution in [0.1, 0.15) is 13.8 Å². The standard InChI is InChI=1S/C11H15NO5/c1-4-5-14-8-7(6-12-13)15-10-9(8)16-11(2,3)17-10/h4,7-10H,1,5H2,2-3H3/t7-,8+,9-,10-/m1/s1. The molecule has 0 aromatic heterocycles. The van der Waals surface area contributed by atoms with Crippen LogP contribution in [0.2, 0.25) is 0 Å². The van der Waals surface area contributed by atoms with Crippen LogP contribution in [0.3, 0.4) is 0 Å². The van der Waals surface area contributed by atoms with Gasteiger partial charge in [0.2, 0.25) is 6.10 Å². The molecule has 0 unspecified atom stereocenters. The first-order valence-corrected chi connectivity index (χ1v) is 5.39. The van der Waals surface area contributed by atoms with Gasteiger partial charge in [-0.3, -0.25) is 0 Å². The second kappa shape index (κ2) is 4.63. The zero-order valence-corrected chi connectivity index (χ0v) is 9.79. The van der Waals surface area contributed by atoms with Crippen molar-refractivity contribution in [2.75, 3.05) is 6.61 Å². The van der Waals surface area contributed by atoms with Crippen molar-refractivity contribution in [2.24, 2.45) is 0 Å². The molecule has 2 rings (SSSR count). The van der Waals surface area contributed by atoms with Gasteiger partial charge in [-0.1, -0.05) is 6.08 Å². The molecule has 0 saturated carbocycles. The molecular formula is C11H15NO5. The highest BCUT2D eigenvalue weighted by atomic mass is 16.8. The molecule has 2 aliphatic heterocycles. The predicted octanol–water partition coefficient (Wildman–Crippen LogP) is 1.26. The quantitative estimate of drug-likeness (QED) is 0.550. The van der Waals surface area contributed by atoms with Crippen LogP contribution in [0, 0.1) is 11.3 Å². The SMILES string of the molecule is C=CCO[C@@H]1[C@H]2OC(C)(C)O[C@H]2O[C@@H]1C#[N+][O-]. The smallest absolute Gasteiger partial charge is 0.333 e. The van der Waals surface area contributed by atoms with E-state index in [0.29, 0.717) is 6.61 Å². The largest absolute Gasteiger partial charge is 0.498 e. The maximum absolute atomic E-state index is 10.2. The van der Waals surface area contributed by atoms with Gasteiger partial charge in [0.05, 0.1) is 6.61 Å². The van der Waals surface area contributed by atoms with Crippen LogP contribution in [0.4, 0.5) is 0 Å². The molecule has 94 valence electrons. The average Bonchev–Trinajstić information content (AvgIpc) is 2.68. The van der Waals surface area contributed by atoms with Crippen molar-refractivity contribution in [3.05, 3.63) is 22.9 Å². The molecule has 2 fully saturated rings. The summed E-state index contributed by atoms with van der Waals surface area (Å²) in [7, 11) is 0. The van der Waals surface area contributed by atoms with Gasteiger partial charge >= 0.3 is 6.07 Å². The summed E-state index contributed by atoms with van der Waals surface area (Å²) in [6, 6.07) is 2.29. The van der Waals surface area contributed by atoms with E-state index in [0.717, 1.165) is 0 Å². The zero-order valence-electron chi connectivity index (χ0n) is 9.79. The fraction of sp³-hybridized carbons (Fsp3) is 0.727. The fourth-order valence-electron chi connectivity index (χ4n) is 2.00. The summed E-state index contributed by atoms with van der Waals surface area (Å²) in [4.78, 5) is 0. The highest BCUT2D eigenvalue weighted by Gasteiger charge is 2.56. The highest BCUT2D eigenvalue weighted by Crippen LogP contribution is 2.38. The Balaban J connectivity index is 2.10. The molecule has 6 nitrogen and oxygen atoms in total. The van der Waals surface area contributed by atoms with Gasteiger partial charge in [-0.15, -0.1) is 6.58 Å². The summed E-state index contributed by atoms with van der Waals surface area (Å²) in [6.45, 7) is 7.48. The summed E-state index contributed by atoms with van der Waals surface area (Å²) >= 11 is 0. The summed E-state index contributed by atoms with van der Waals surface area (Å²) < 4.78 is 22.2. The lowest BCUT2D eigenvalue weighted by atomic mass is 10.1. The van der Waals surface area contributed by atoms with Crippen LogP contribution in [-0.2, 0) is 18.9 Å². The minimum Gasteiger partial charge on any atom is -0.498 e. The van der Waals surface area contributed by atoms with Gasteiger partial charge in [-0.25, -0.2) is 0 Å². The summed E-state index contributed by atoms with van der Waals surface area (Å²) in [5.74, 6) is -0.718. The van der Waals surface area contributed by atoms with Crippen molar-refractivity contribution in [3.63, 3.8) is 0 Å². The third-order valence-electron chi connectivity index (χ3n) is 2.58. The van der Waals surface area contributed by atoms with Crippen LogP contribution in [0.15, 0.2) is 12.7 Å². The third-order valence-corrected chi connectivity index (χ3v) is 2.58. The first kappa shape index (κ1) is 12.3. The lowest BCUT2D eigenvalue weighted by molar-refractivity contribution is -0.210. The van der Waals surface area contributed by atoms with Crippen molar-refractivity contribution >= 4 is 0 Å². The lowest BCUT2D eigenvalue weighted by Gasteiger charge is -2.21. The maximum Gasteiger partial charge on any atom is 0.333 e. The number of nitrogens with zero attached hydrogens (tertiary/aromatic N) is 1. The molecule has 2 saturated heterocycles. The number of hydrogen-bond donors (Lipinski definition) is 0. The van der Waals surface area contributed by atoms with Gasteiger partial charge < -0.3 is 24.2 Å². The Morgan fingerprint density at radius 2 is 2.29 bits per heavy atom. The molecule has 0 aromatic rings. The molecule has 0 aromatic carbocycles. The fourth-order valence-corrected chi connectivity index (χ4v) is 2.00. The van der Waals surface area contributed by atoms with E-state index in [9.17, 15) is 5.21 Å². The third kappa shape index (κ3) is 2.42. The van der Waals surface area contributed by atoms with Crippen LogP contribution in [-0.4, -0.2) is 37.0 Å². The minimum atomic E-state index is -0.718. The van der Waals surface area contributed by atoms with Crippen molar-refractivity contribution in [1.82, 2.24) is 0 Å². The lowest BCUT2D eigenvalue weighted by Crippen LogP contribution is -2.36. The molecule has 17 heavy (non-hydrogen) atoms. The second-order valence-electron chi connectivity index (χ2n) is 4.33. The number of ether oxygens (including phenoxy) is 4. The van der Waals surface area contributed by atoms with E-state index in [1.165, 1.54) is 0 Å². The van der Waals surface area contributed by atoms with Gasteiger partial charge in [-0.2, -0.15) is 0 Å². The summed E-state index contributed by atoms with van der Waals surface area (Å²) in [5.41, 5.74) is 0. The number of rotatable bonds is 3. The van der Waals surface area contributed by atoms with Gasteiger partial charge in [0.25, 0.3) is 0 Å². The highest BCUT2D eigenvalue weighted by molar-refractivity contribution is 5.08. The maximum atomic E-state index is 10.2. The van der Waals surface area contributed by atoms with E-state index >= 15 is 0 Å². The summed E-state index contributed by atoms with van der Waals surface area (Å²) in [6.07, 6.45) is -0.459. The van der Waals surface area contributed by atoms with E-state index in [-0.39, 0.29) is 6.10 Å². The van der Waals surface area contributed by atoms with E-state index in [4.69, 9.17) is 18.9 Å². The van der Waals surface area contributed by atoms with Crippen LogP contribution in [0.25, 0.3) is 5.01 Å². The molecule has 0 aliphatic carbocycles. The van der Waals surface area contributed by atoms with E-state index in [1.807, 2.05) is 0 Å². The molecule has 4 atom stereocenters. The van der Waals surface area contributed by atoms with Crippen LogP contribution in [0.5, 0.6) is 0 Å². The molecular weight excluding hydrogens is 226 g/mol. The van der Waals surface area contributed by atoms with E-state index in [2.05, 4.69) is 17.7 Å². The van der Waals surface area contributed by atoms with Crippen LogP contribution >= 0.6 is 0 Å². The minimum absolute atomic E-state index is 0.331. The number of fused-ring (bicyclic) bond motifs is 1. The normalized spacial score (nSPS) is 38.2. The molecule has 0 N–H and O–H groups in total. The molecule has 0 amide bonds. The first-order valence-electron chi connectivity index (χ1n) is 5.39. The Hall–Kier alpha value is -1.13. The van der Waals surface area contributed by atoms with Crippen molar-refractivity contribution in [2.45, 2.75) is 44.2 Å². The Labute approximate surface area is 99.5 Å². The summed E-state index contributed by atoms with van der Waals surface area (Å²) in [5, 5.41) is 12.8. The second-order valence-corrected chi connectivity index (χ2v) is 4.33. The topological polar surface area (TPSA) is 64.3 Å². The zero-order chi connectivity index (χ0) is 12.5. The number of hydrogen-bond acceptors (Lipinski definition) is 5. The Kier molecular flexibility index (Phi) is 3.35. The van der Waals surface area contributed by atoms with E-state index < -0.39 is 24.3 Å². The molecule has 2 aliphatic rings. The Bertz CT molecular complexity index is 359. The van der Waals surface area contributed by atoms with Crippen molar-refractivity contribution in [3.8, 4) is 6.07 Å². The van der Waals surface area contributed by atoms with Gasteiger partial charge in [0.1, 0.15) is 12.2 Å². The Morgan fingerprint density at radius 3 is 2.94 bits per heavy atom. The van der Waals surface area contributed by atoms with Gasteiger partial charge in [-0.05, 0) is 13.8 Å². The van der Waals surface area contributed by atoms with Crippen molar-refractivity contribution < 1.29 is 18.9 Å². The van der Waals surface area contributed by atoms with Gasteiger partial charge in [0, 0.05) is 5.01 Å². The first-order chi connectivity index (χ1) is 8.07. The van der Waals surface area contributed by atoms with Crippen LogP contribution < -0.4 is 0 Å². The monoisotopic (exact) mass is 241 g/mol. The molecule has 0 radical (unpaired) electrons. The molecule has 6 heteroatoms. The predicted molar refractivity (Wildman–Crippen MR) is 59.2 cm³/mol. The van der Waals surface area contributed by atoms with Crippen molar-refractivity contribution in [1.29, 1.82) is 0 Å². The molecule has 0 spiro atoms.